The molecule has 0 aromatic rings. The Hall–Kier alpha value is -0.120. The lowest BCUT2D eigenvalue weighted by Crippen LogP contribution is -2.22. The maximum absolute atomic E-state index is 8.55. The molecule has 0 fully saturated rings. The molecule has 0 spiro atoms. The topological polar surface area (TPSA) is 38.7 Å². The van der Waals surface area contributed by atoms with E-state index in [1.165, 1.54) is 0 Å². The lowest BCUT2D eigenvalue weighted by molar-refractivity contribution is -0.0167. The maximum atomic E-state index is 8.55. The van der Waals surface area contributed by atoms with E-state index in [1.54, 1.807) is 7.11 Å². The number of ether oxygens (including phenoxy) is 2. The van der Waals surface area contributed by atoms with Crippen LogP contribution in [-0.4, -0.2) is 38.1 Å². The Morgan fingerprint density at radius 3 is 2.56 bits per heavy atom. The SMILES string of the molecule is CCOCC(CO)OC. The Morgan fingerprint density at radius 1 is 1.56 bits per heavy atom. The van der Waals surface area contributed by atoms with E-state index in [0.29, 0.717) is 13.2 Å². The molecule has 0 aliphatic rings. The first-order chi connectivity index (χ1) is 4.35. The van der Waals surface area contributed by atoms with Crippen LogP contribution in [0.1, 0.15) is 6.92 Å². The zero-order valence-corrected chi connectivity index (χ0v) is 5.96. The van der Waals surface area contributed by atoms with E-state index < -0.39 is 0 Å². The van der Waals surface area contributed by atoms with Crippen molar-refractivity contribution in [3.05, 3.63) is 0 Å². The Morgan fingerprint density at radius 2 is 2.22 bits per heavy atom. The molecule has 0 aromatic heterocycles. The molecule has 0 aliphatic carbocycles. The molecule has 9 heavy (non-hydrogen) atoms. The zero-order valence-electron chi connectivity index (χ0n) is 5.96. The number of aliphatic hydroxyl groups excluding tert-OH is 1. The lowest BCUT2D eigenvalue weighted by atomic mass is 10.4. The molecule has 3 heteroatoms. The zero-order chi connectivity index (χ0) is 7.11. The summed E-state index contributed by atoms with van der Waals surface area (Å²) >= 11 is 0. The van der Waals surface area contributed by atoms with Crippen LogP contribution in [0.4, 0.5) is 0 Å². The van der Waals surface area contributed by atoms with Crippen molar-refractivity contribution in [3.63, 3.8) is 0 Å². The fraction of sp³-hybridized carbons (Fsp3) is 1.00. The normalized spacial score (nSPS) is 13.7. The molecule has 0 saturated heterocycles. The van der Waals surface area contributed by atoms with Gasteiger partial charge in [0.2, 0.25) is 0 Å². The summed E-state index contributed by atoms with van der Waals surface area (Å²) in [6.45, 7) is 3.07. The molecule has 0 aliphatic heterocycles. The van der Waals surface area contributed by atoms with Crippen LogP contribution in [0.3, 0.4) is 0 Å². The molecular formula is C6H14O3. The van der Waals surface area contributed by atoms with Crippen LogP contribution in [0.5, 0.6) is 0 Å². The van der Waals surface area contributed by atoms with Gasteiger partial charge in [-0.1, -0.05) is 0 Å². The fourth-order valence-corrected chi connectivity index (χ4v) is 0.445. The summed E-state index contributed by atoms with van der Waals surface area (Å²) in [4.78, 5) is 0. The predicted molar refractivity (Wildman–Crippen MR) is 34.4 cm³/mol. The molecule has 0 bridgehead atoms. The molecule has 0 radical (unpaired) electrons. The highest BCUT2D eigenvalue weighted by Gasteiger charge is 2.02. The minimum atomic E-state index is -0.162. The number of hydrogen-bond acceptors (Lipinski definition) is 3. The van der Waals surface area contributed by atoms with Gasteiger partial charge in [-0.2, -0.15) is 0 Å². The van der Waals surface area contributed by atoms with Gasteiger partial charge in [-0.25, -0.2) is 0 Å². The quantitative estimate of drug-likeness (QED) is 0.576. The summed E-state index contributed by atoms with van der Waals surface area (Å²) in [7, 11) is 1.56. The van der Waals surface area contributed by atoms with Crippen molar-refractivity contribution in [3.8, 4) is 0 Å². The monoisotopic (exact) mass is 134 g/mol. The summed E-state index contributed by atoms with van der Waals surface area (Å²) in [5, 5.41) is 8.55. The van der Waals surface area contributed by atoms with Crippen molar-refractivity contribution >= 4 is 0 Å². The second-order valence-electron chi connectivity index (χ2n) is 1.70. The third kappa shape index (κ3) is 4.39. The van der Waals surface area contributed by atoms with E-state index in [9.17, 15) is 0 Å². The minimum absolute atomic E-state index is 0.0243. The van der Waals surface area contributed by atoms with Gasteiger partial charge in [0.1, 0.15) is 6.10 Å². The van der Waals surface area contributed by atoms with Crippen molar-refractivity contribution in [2.24, 2.45) is 0 Å². The van der Waals surface area contributed by atoms with E-state index in [1.807, 2.05) is 6.92 Å². The third-order valence-electron chi connectivity index (χ3n) is 1.04. The summed E-state index contributed by atoms with van der Waals surface area (Å²) in [6, 6.07) is 0. The highest BCUT2D eigenvalue weighted by atomic mass is 16.5. The van der Waals surface area contributed by atoms with E-state index >= 15 is 0 Å². The minimum Gasteiger partial charge on any atom is -0.394 e. The van der Waals surface area contributed by atoms with Crippen molar-refractivity contribution in [1.29, 1.82) is 0 Å². The van der Waals surface area contributed by atoms with Crippen LogP contribution < -0.4 is 0 Å². The van der Waals surface area contributed by atoms with Gasteiger partial charge >= 0.3 is 0 Å². The molecule has 1 atom stereocenters. The second-order valence-corrected chi connectivity index (χ2v) is 1.70. The van der Waals surface area contributed by atoms with Gasteiger partial charge in [-0.05, 0) is 6.92 Å². The standard InChI is InChI=1S/C6H14O3/c1-3-9-5-6(4-7)8-2/h6-7H,3-5H2,1-2H3. The van der Waals surface area contributed by atoms with E-state index in [-0.39, 0.29) is 12.7 Å². The summed E-state index contributed by atoms with van der Waals surface area (Å²) in [5.74, 6) is 0. The Balaban J connectivity index is 3.09. The van der Waals surface area contributed by atoms with Crippen molar-refractivity contribution in [1.82, 2.24) is 0 Å². The molecule has 0 heterocycles. The van der Waals surface area contributed by atoms with E-state index in [0.717, 1.165) is 0 Å². The van der Waals surface area contributed by atoms with Crippen molar-refractivity contribution < 1.29 is 14.6 Å². The summed E-state index contributed by atoms with van der Waals surface area (Å²) < 4.78 is 9.82. The van der Waals surface area contributed by atoms with Gasteiger partial charge < -0.3 is 14.6 Å². The van der Waals surface area contributed by atoms with Gasteiger partial charge in [0.15, 0.2) is 0 Å². The first-order valence-electron chi connectivity index (χ1n) is 3.06. The van der Waals surface area contributed by atoms with Crippen LogP contribution in [-0.2, 0) is 9.47 Å². The molecular weight excluding hydrogens is 120 g/mol. The van der Waals surface area contributed by atoms with Crippen LogP contribution in [0.25, 0.3) is 0 Å². The fourth-order valence-electron chi connectivity index (χ4n) is 0.445. The van der Waals surface area contributed by atoms with Crippen molar-refractivity contribution in [2.45, 2.75) is 13.0 Å². The predicted octanol–water partition coefficient (Wildman–Crippen LogP) is 0.0302. The van der Waals surface area contributed by atoms with Gasteiger partial charge in [0.25, 0.3) is 0 Å². The Labute approximate surface area is 55.6 Å². The van der Waals surface area contributed by atoms with Crippen LogP contribution in [0, 0.1) is 0 Å². The average Bonchev–Trinajstić information content (AvgIpc) is 1.91. The summed E-state index contributed by atoms with van der Waals surface area (Å²) in [6.07, 6.45) is -0.162. The lowest BCUT2D eigenvalue weighted by Gasteiger charge is -2.10. The average molecular weight is 134 g/mol. The van der Waals surface area contributed by atoms with Crippen LogP contribution in [0.2, 0.25) is 0 Å². The molecule has 0 aromatic carbocycles. The smallest absolute Gasteiger partial charge is 0.103 e. The van der Waals surface area contributed by atoms with Gasteiger partial charge in [-0.3, -0.25) is 0 Å². The van der Waals surface area contributed by atoms with E-state index in [2.05, 4.69) is 0 Å². The number of aliphatic hydroxyl groups is 1. The maximum Gasteiger partial charge on any atom is 0.103 e. The summed E-state index contributed by atoms with van der Waals surface area (Å²) in [5.41, 5.74) is 0. The highest BCUT2D eigenvalue weighted by Crippen LogP contribution is 1.88. The number of rotatable bonds is 5. The molecule has 1 unspecified atom stereocenters. The molecule has 0 amide bonds. The Bertz CT molecular complexity index is 52.3. The Kier molecular flexibility index (Phi) is 5.93. The van der Waals surface area contributed by atoms with Crippen LogP contribution >= 0.6 is 0 Å². The number of methoxy groups -OCH3 is 1. The molecule has 56 valence electrons. The first kappa shape index (κ1) is 8.88. The second kappa shape index (κ2) is 6.01. The highest BCUT2D eigenvalue weighted by molar-refractivity contribution is 4.50. The number of hydrogen-bond donors (Lipinski definition) is 1. The van der Waals surface area contributed by atoms with E-state index in [4.69, 9.17) is 14.6 Å². The molecule has 0 rings (SSSR count). The van der Waals surface area contributed by atoms with Gasteiger partial charge in [-0.15, -0.1) is 0 Å². The largest absolute Gasteiger partial charge is 0.394 e. The van der Waals surface area contributed by atoms with Crippen molar-refractivity contribution in [2.75, 3.05) is 26.9 Å². The first-order valence-corrected chi connectivity index (χ1v) is 3.06. The van der Waals surface area contributed by atoms with Gasteiger partial charge in [0, 0.05) is 13.7 Å². The molecule has 1 N–H and O–H groups in total. The third-order valence-corrected chi connectivity index (χ3v) is 1.04. The van der Waals surface area contributed by atoms with Crippen LogP contribution in [0.15, 0.2) is 0 Å². The molecule has 3 nitrogen and oxygen atoms in total. The van der Waals surface area contributed by atoms with Gasteiger partial charge in [0.05, 0.1) is 13.2 Å². The molecule has 0 saturated carbocycles.